The van der Waals surface area contributed by atoms with Gasteiger partial charge in [0, 0.05) is 18.2 Å². The number of carbonyl (C=O) groups is 1. The maximum Gasteiger partial charge on any atom is 0.417 e. The molecule has 1 amide bonds. The van der Waals surface area contributed by atoms with Crippen LogP contribution in [0.4, 0.5) is 13.2 Å². The van der Waals surface area contributed by atoms with E-state index in [4.69, 9.17) is 4.74 Å². The number of carbonyl (C=O) groups excluding carboxylic acids is 1. The smallest absolute Gasteiger partial charge is 0.417 e. The van der Waals surface area contributed by atoms with E-state index < -0.39 is 34.2 Å². The van der Waals surface area contributed by atoms with Gasteiger partial charge in [0.1, 0.15) is 11.3 Å². The Labute approximate surface area is 148 Å². The van der Waals surface area contributed by atoms with Crippen molar-refractivity contribution in [1.29, 1.82) is 0 Å². The summed E-state index contributed by atoms with van der Waals surface area (Å²) in [5, 5.41) is 2.53. The molecule has 0 fully saturated rings. The molecule has 26 heavy (non-hydrogen) atoms. The molecular formula is C18H19F3N2O3. The van der Waals surface area contributed by atoms with Crippen molar-refractivity contribution < 1.29 is 22.7 Å². The van der Waals surface area contributed by atoms with E-state index in [0.29, 0.717) is 18.0 Å². The lowest BCUT2D eigenvalue weighted by atomic mass is 9.84. The predicted molar refractivity (Wildman–Crippen MR) is 90.4 cm³/mol. The van der Waals surface area contributed by atoms with Gasteiger partial charge in [-0.25, -0.2) is 0 Å². The van der Waals surface area contributed by atoms with Crippen LogP contribution in [-0.4, -0.2) is 24.5 Å². The monoisotopic (exact) mass is 368 g/mol. The van der Waals surface area contributed by atoms with E-state index in [1.165, 1.54) is 0 Å². The quantitative estimate of drug-likeness (QED) is 0.852. The average Bonchev–Trinajstić information content (AvgIpc) is 2.59. The highest BCUT2D eigenvalue weighted by atomic mass is 19.4. The van der Waals surface area contributed by atoms with Crippen LogP contribution in [0.15, 0.2) is 41.3 Å². The van der Waals surface area contributed by atoms with Crippen molar-refractivity contribution in [2.45, 2.75) is 25.4 Å². The van der Waals surface area contributed by atoms with Crippen LogP contribution < -0.4 is 15.6 Å². The number of alkyl halides is 3. The van der Waals surface area contributed by atoms with Gasteiger partial charge in [0.05, 0.1) is 12.7 Å². The fraction of sp³-hybridized carbons (Fsp3) is 0.333. The second-order valence-electron chi connectivity index (χ2n) is 6.42. The lowest BCUT2D eigenvalue weighted by Gasteiger charge is -2.26. The van der Waals surface area contributed by atoms with E-state index in [2.05, 4.69) is 5.32 Å². The van der Waals surface area contributed by atoms with Gasteiger partial charge < -0.3 is 15.0 Å². The summed E-state index contributed by atoms with van der Waals surface area (Å²) >= 11 is 0. The maximum absolute atomic E-state index is 12.8. The van der Waals surface area contributed by atoms with E-state index in [1.54, 1.807) is 19.2 Å². The first-order chi connectivity index (χ1) is 12.0. The number of benzene rings is 1. The number of nitrogens with one attached hydrogen (secondary N) is 2. The van der Waals surface area contributed by atoms with Crippen molar-refractivity contribution in [3.63, 3.8) is 0 Å². The standard InChI is InChI=1S/C18H19F3N2O3/c1-17(2,11-4-6-13(26-3)7-5-11)10-23-16(25)14-8-12(18(19,20)21)9-22-15(14)24/h4-9H,10H2,1-3H3,(H,22,24)(H,23,25). The van der Waals surface area contributed by atoms with Crippen molar-refractivity contribution in [2.24, 2.45) is 0 Å². The molecular weight excluding hydrogens is 349 g/mol. The molecule has 0 saturated heterocycles. The highest BCUT2D eigenvalue weighted by Crippen LogP contribution is 2.28. The Morgan fingerprint density at radius 1 is 1.15 bits per heavy atom. The number of rotatable bonds is 5. The largest absolute Gasteiger partial charge is 0.497 e. The molecule has 5 nitrogen and oxygen atoms in total. The molecule has 140 valence electrons. The van der Waals surface area contributed by atoms with E-state index in [1.807, 2.05) is 31.0 Å². The van der Waals surface area contributed by atoms with Crippen molar-refractivity contribution >= 4 is 5.91 Å². The van der Waals surface area contributed by atoms with Crippen molar-refractivity contribution in [3.05, 3.63) is 63.6 Å². The minimum atomic E-state index is -4.65. The van der Waals surface area contributed by atoms with Crippen LogP contribution in [0.25, 0.3) is 0 Å². The lowest BCUT2D eigenvalue weighted by molar-refractivity contribution is -0.137. The highest BCUT2D eigenvalue weighted by Gasteiger charge is 2.32. The number of pyridine rings is 1. The van der Waals surface area contributed by atoms with E-state index in [9.17, 15) is 22.8 Å². The number of ether oxygens (including phenoxy) is 1. The summed E-state index contributed by atoms with van der Waals surface area (Å²) in [6.07, 6.45) is -4.11. The molecule has 0 aliphatic heterocycles. The summed E-state index contributed by atoms with van der Waals surface area (Å²) in [5.41, 5.74) is -2.15. The van der Waals surface area contributed by atoms with Crippen molar-refractivity contribution in [1.82, 2.24) is 10.3 Å². The summed E-state index contributed by atoms with van der Waals surface area (Å²) < 4.78 is 43.4. The Hall–Kier alpha value is -2.77. The molecule has 0 saturated carbocycles. The zero-order valence-corrected chi connectivity index (χ0v) is 14.5. The second kappa shape index (κ2) is 7.23. The molecule has 0 spiro atoms. The van der Waals surface area contributed by atoms with E-state index in [-0.39, 0.29) is 6.54 Å². The van der Waals surface area contributed by atoms with Crippen LogP contribution in [0, 0.1) is 0 Å². The first kappa shape index (κ1) is 19.6. The third kappa shape index (κ3) is 4.44. The number of hydrogen-bond donors (Lipinski definition) is 2. The molecule has 2 rings (SSSR count). The van der Waals surface area contributed by atoms with Gasteiger partial charge in [-0.05, 0) is 23.8 Å². The molecule has 2 aromatic rings. The molecule has 1 aromatic heterocycles. The minimum absolute atomic E-state index is 0.133. The summed E-state index contributed by atoms with van der Waals surface area (Å²) in [6, 6.07) is 7.77. The number of aromatic amines is 1. The Morgan fingerprint density at radius 2 is 1.77 bits per heavy atom. The van der Waals surface area contributed by atoms with Gasteiger partial charge in [-0.1, -0.05) is 26.0 Å². The van der Waals surface area contributed by atoms with E-state index in [0.717, 1.165) is 5.56 Å². The number of methoxy groups -OCH3 is 1. The van der Waals surface area contributed by atoms with Crippen LogP contribution in [0.1, 0.15) is 35.3 Å². The molecule has 2 N–H and O–H groups in total. The Morgan fingerprint density at radius 3 is 2.31 bits per heavy atom. The third-order valence-electron chi connectivity index (χ3n) is 4.04. The molecule has 0 bridgehead atoms. The zero-order valence-electron chi connectivity index (χ0n) is 14.5. The first-order valence-electron chi connectivity index (χ1n) is 7.77. The molecule has 0 unspecified atom stereocenters. The second-order valence-corrected chi connectivity index (χ2v) is 6.42. The van der Waals surface area contributed by atoms with Gasteiger partial charge in [-0.15, -0.1) is 0 Å². The summed E-state index contributed by atoms with van der Waals surface area (Å²) in [6.45, 7) is 3.87. The van der Waals surface area contributed by atoms with Gasteiger partial charge in [0.15, 0.2) is 0 Å². The minimum Gasteiger partial charge on any atom is -0.497 e. The SMILES string of the molecule is COc1ccc(C(C)(C)CNC(=O)c2cc(C(F)(F)F)c[nH]c2=O)cc1. The number of H-pyrrole nitrogens is 1. The number of halogens is 3. The topological polar surface area (TPSA) is 71.2 Å². The molecule has 0 atom stereocenters. The number of aromatic nitrogens is 1. The summed E-state index contributed by atoms with van der Waals surface area (Å²) in [7, 11) is 1.55. The Kier molecular flexibility index (Phi) is 5.44. The van der Waals surface area contributed by atoms with Gasteiger partial charge in [-0.3, -0.25) is 9.59 Å². The molecule has 1 aromatic carbocycles. The van der Waals surface area contributed by atoms with Gasteiger partial charge in [0.25, 0.3) is 11.5 Å². The number of hydrogen-bond acceptors (Lipinski definition) is 3. The molecule has 1 heterocycles. The molecule has 8 heteroatoms. The van der Waals surface area contributed by atoms with Crippen molar-refractivity contribution in [2.75, 3.05) is 13.7 Å². The van der Waals surface area contributed by atoms with Crippen LogP contribution in [0.2, 0.25) is 0 Å². The summed E-state index contributed by atoms with van der Waals surface area (Å²) in [5.74, 6) is -0.178. The van der Waals surface area contributed by atoms with E-state index >= 15 is 0 Å². The van der Waals surface area contributed by atoms with Crippen LogP contribution in [-0.2, 0) is 11.6 Å². The van der Waals surface area contributed by atoms with Gasteiger partial charge in [-0.2, -0.15) is 13.2 Å². The normalized spacial score (nSPS) is 11.9. The predicted octanol–water partition coefficient (Wildman–Crippen LogP) is 3.11. The van der Waals surface area contributed by atoms with Gasteiger partial charge >= 0.3 is 6.18 Å². The van der Waals surface area contributed by atoms with Gasteiger partial charge in [0.2, 0.25) is 0 Å². The highest BCUT2D eigenvalue weighted by molar-refractivity contribution is 5.94. The summed E-state index contributed by atoms with van der Waals surface area (Å²) in [4.78, 5) is 25.9. The van der Waals surface area contributed by atoms with Crippen molar-refractivity contribution in [3.8, 4) is 5.75 Å². The maximum atomic E-state index is 12.8. The first-order valence-corrected chi connectivity index (χ1v) is 7.77. The fourth-order valence-corrected chi connectivity index (χ4v) is 2.36. The zero-order chi connectivity index (χ0) is 19.5. The van der Waals surface area contributed by atoms with Crippen LogP contribution in [0.3, 0.4) is 0 Å². The third-order valence-corrected chi connectivity index (χ3v) is 4.04. The molecule has 0 aliphatic rings. The lowest BCUT2D eigenvalue weighted by Crippen LogP contribution is -2.38. The Bertz CT molecular complexity index is 840. The molecule has 0 radical (unpaired) electrons. The fourth-order valence-electron chi connectivity index (χ4n) is 2.36. The molecule has 0 aliphatic carbocycles. The van der Waals surface area contributed by atoms with Crippen LogP contribution >= 0.6 is 0 Å². The Balaban J connectivity index is 2.15. The average molecular weight is 368 g/mol. The van der Waals surface area contributed by atoms with Crippen LogP contribution in [0.5, 0.6) is 5.75 Å². The number of amides is 1.